The standard InChI is InChI=1S/C28H33ClN2O5/c1-4-30(5-2)28(34)36-26-15-14-25-22(16-17-31(25)19-20-10-6-8-12-24(20)29)23(26)18-21(32)11-7-9-13-27(33)35-3/h6,8,10,12,14-17H,4-5,7,9,11,13,18-19H2,1-3H3. The van der Waals surface area contributed by atoms with Crippen LogP contribution in [0, 0.1) is 0 Å². The Morgan fingerprint density at radius 3 is 2.39 bits per heavy atom. The van der Waals surface area contributed by atoms with Gasteiger partial charge in [-0.3, -0.25) is 9.59 Å². The second-order valence-corrected chi connectivity index (χ2v) is 8.96. The Kier molecular flexibility index (Phi) is 9.94. The number of ether oxygens (including phenoxy) is 2. The monoisotopic (exact) mass is 512 g/mol. The van der Waals surface area contributed by atoms with Gasteiger partial charge in [0.1, 0.15) is 11.5 Å². The lowest BCUT2D eigenvalue weighted by atomic mass is 10.00. The number of unbranched alkanes of at least 4 members (excludes halogenated alkanes) is 1. The highest BCUT2D eigenvalue weighted by Gasteiger charge is 2.20. The number of ketones is 1. The molecule has 0 atom stereocenters. The van der Waals surface area contributed by atoms with Crippen LogP contribution in [0.4, 0.5) is 4.79 Å². The zero-order valence-corrected chi connectivity index (χ0v) is 21.8. The van der Waals surface area contributed by atoms with Crippen molar-refractivity contribution in [2.45, 2.75) is 52.5 Å². The van der Waals surface area contributed by atoms with Crippen molar-refractivity contribution >= 4 is 40.3 Å². The van der Waals surface area contributed by atoms with E-state index >= 15 is 0 Å². The zero-order chi connectivity index (χ0) is 26.1. The summed E-state index contributed by atoms with van der Waals surface area (Å²) in [4.78, 5) is 38.5. The normalized spacial score (nSPS) is 10.9. The predicted octanol–water partition coefficient (Wildman–Crippen LogP) is 6.03. The Morgan fingerprint density at radius 1 is 0.972 bits per heavy atom. The number of methoxy groups -OCH3 is 1. The first-order valence-corrected chi connectivity index (χ1v) is 12.6. The average Bonchev–Trinajstić information content (AvgIpc) is 3.28. The lowest BCUT2D eigenvalue weighted by Gasteiger charge is -2.19. The Morgan fingerprint density at radius 2 is 1.69 bits per heavy atom. The van der Waals surface area contributed by atoms with Crippen LogP contribution >= 0.6 is 11.6 Å². The summed E-state index contributed by atoms with van der Waals surface area (Å²) in [5, 5.41) is 1.54. The maximum Gasteiger partial charge on any atom is 0.415 e. The summed E-state index contributed by atoms with van der Waals surface area (Å²) >= 11 is 6.37. The van der Waals surface area contributed by atoms with Crippen LogP contribution in [0.2, 0.25) is 5.02 Å². The van der Waals surface area contributed by atoms with E-state index in [9.17, 15) is 14.4 Å². The maximum atomic E-state index is 12.9. The van der Waals surface area contributed by atoms with Crippen molar-refractivity contribution in [3.63, 3.8) is 0 Å². The molecule has 2 aromatic carbocycles. The molecule has 0 aliphatic carbocycles. The largest absolute Gasteiger partial charge is 0.469 e. The van der Waals surface area contributed by atoms with Crippen LogP contribution in [0.15, 0.2) is 48.7 Å². The second-order valence-electron chi connectivity index (χ2n) is 8.55. The zero-order valence-electron chi connectivity index (χ0n) is 21.1. The van der Waals surface area contributed by atoms with Gasteiger partial charge in [0, 0.05) is 66.6 Å². The summed E-state index contributed by atoms with van der Waals surface area (Å²) in [5.41, 5.74) is 2.59. The number of esters is 1. The van der Waals surface area contributed by atoms with Crippen LogP contribution in [0.25, 0.3) is 10.9 Å². The van der Waals surface area contributed by atoms with Gasteiger partial charge in [-0.1, -0.05) is 29.8 Å². The molecule has 7 nitrogen and oxygen atoms in total. The van der Waals surface area contributed by atoms with Crippen molar-refractivity contribution in [1.82, 2.24) is 9.47 Å². The number of benzene rings is 2. The molecule has 0 saturated carbocycles. The fourth-order valence-electron chi connectivity index (χ4n) is 4.16. The Balaban J connectivity index is 1.88. The van der Waals surface area contributed by atoms with E-state index < -0.39 is 6.09 Å². The van der Waals surface area contributed by atoms with E-state index in [1.165, 1.54) is 7.11 Å². The lowest BCUT2D eigenvalue weighted by molar-refractivity contribution is -0.140. The Bertz CT molecular complexity index is 1220. The van der Waals surface area contributed by atoms with Gasteiger partial charge in [0.15, 0.2) is 0 Å². The van der Waals surface area contributed by atoms with Crippen LogP contribution in [-0.2, 0) is 27.3 Å². The quantitative estimate of drug-likeness (QED) is 0.219. The highest BCUT2D eigenvalue weighted by Crippen LogP contribution is 2.31. The number of Topliss-reactive ketones (excluding diaryl/α,β-unsaturated/α-hetero) is 1. The van der Waals surface area contributed by atoms with E-state index in [1.54, 1.807) is 11.0 Å². The highest BCUT2D eigenvalue weighted by atomic mass is 35.5. The molecule has 8 heteroatoms. The van der Waals surface area contributed by atoms with E-state index in [0.29, 0.717) is 55.2 Å². The number of hydrogen-bond acceptors (Lipinski definition) is 5. The molecule has 0 spiro atoms. The molecule has 0 radical (unpaired) electrons. The van der Waals surface area contributed by atoms with E-state index in [4.69, 9.17) is 16.3 Å². The third kappa shape index (κ3) is 6.88. The lowest BCUT2D eigenvalue weighted by Crippen LogP contribution is -2.33. The molecule has 3 rings (SSSR count). The van der Waals surface area contributed by atoms with Crippen LogP contribution in [-0.4, -0.2) is 47.5 Å². The molecule has 0 N–H and O–H groups in total. The van der Waals surface area contributed by atoms with Crippen molar-refractivity contribution in [3.05, 3.63) is 64.8 Å². The molecule has 0 aliphatic rings. The molecule has 0 fully saturated rings. The molecule has 0 saturated heterocycles. The molecular weight excluding hydrogens is 480 g/mol. The van der Waals surface area contributed by atoms with Crippen molar-refractivity contribution in [3.8, 4) is 5.75 Å². The number of fused-ring (bicyclic) bond motifs is 1. The number of carbonyl (C=O) groups is 3. The molecule has 0 bridgehead atoms. The molecule has 1 amide bonds. The van der Waals surface area contributed by atoms with Gasteiger partial charge < -0.3 is 18.9 Å². The molecular formula is C28H33ClN2O5. The number of hydrogen-bond donors (Lipinski definition) is 0. The van der Waals surface area contributed by atoms with Gasteiger partial charge in [-0.05, 0) is 56.5 Å². The summed E-state index contributed by atoms with van der Waals surface area (Å²) in [6.07, 6.45) is 3.43. The van der Waals surface area contributed by atoms with Crippen LogP contribution in [0.1, 0.15) is 50.7 Å². The minimum Gasteiger partial charge on any atom is -0.469 e. The van der Waals surface area contributed by atoms with Gasteiger partial charge in [0.25, 0.3) is 0 Å². The molecule has 1 heterocycles. The van der Waals surface area contributed by atoms with E-state index in [2.05, 4.69) is 9.30 Å². The first-order chi connectivity index (χ1) is 17.4. The number of amides is 1. The van der Waals surface area contributed by atoms with E-state index in [1.807, 2.05) is 56.4 Å². The SMILES string of the molecule is CCN(CC)C(=O)Oc1ccc2c(ccn2Cc2ccccc2Cl)c1CC(=O)CCCCC(=O)OC. The minimum atomic E-state index is -0.443. The fraction of sp³-hybridized carbons (Fsp3) is 0.393. The summed E-state index contributed by atoms with van der Waals surface area (Å²) in [5.74, 6) is 0.127. The van der Waals surface area contributed by atoms with Crippen molar-refractivity contribution in [2.75, 3.05) is 20.2 Å². The summed E-state index contributed by atoms with van der Waals surface area (Å²) in [7, 11) is 1.35. The Hall–Kier alpha value is -3.32. The van der Waals surface area contributed by atoms with Crippen LogP contribution in [0.3, 0.4) is 0 Å². The number of halogens is 1. The van der Waals surface area contributed by atoms with E-state index in [-0.39, 0.29) is 24.6 Å². The Labute approximate surface area is 216 Å². The van der Waals surface area contributed by atoms with Crippen molar-refractivity contribution in [1.29, 1.82) is 0 Å². The average molecular weight is 513 g/mol. The van der Waals surface area contributed by atoms with Crippen LogP contribution < -0.4 is 4.74 Å². The molecule has 0 aliphatic heterocycles. The summed E-state index contributed by atoms with van der Waals surface area (Å²) in [6, 6.07) is 13.3. The maximum absolute atomic E-state index is 12.9. The van der Waals surface area contributed by atoms with Crippen molar-refractivity contribution < 1.29 is 23.9 Å². The van der Waals surface area contributed by atoms with Gasteiger partial charge in [-0.15, -0.1) is 0 Å². The minimum absolute atomic E-state index is 0.0198. The smallest absolute Gasteiger partial charge is 0.415 e. The van der Waals surface area contributed by atoms with Gasteiger partial charge >= 0.3 is 12.1 Å². The molecule has 3 aromatic rings. The second kappa shape index (κ2) is 13.1. The molecule has 36 heavy (non-hydrogen) atoms. The number of rotatable bonds is 12. The molecule has 1 aromatic heterocycles. The van der Waals surface area contributed by atoms with Gasteiger partial charge in [-0.25, -0.2) is 4.79 Å². The summed E-state index contributed by atoms with van der Waals surface area (Å²) in [6.45, 7) is 5.41. The van der Waals surface area contributed by atoms with Gasteiger partial charge in [0.2, 0.25) is 0 Å². The van der Waals surface area contributed by atoms with Crippen LogP contribution in [0.5, 0.6) is 5.75 Å². The number of carbonyl (C=O) groups excluding carboxylic acids is 3. The molecule has 192 valence electrons. The molecule has 0 unspecified atom stereocenters. The topological polar surface area (TPSA) is 77.8 Å². The van der Waals surface area contributed by atoms with Gasteiger partial charge in [0.05, 0.1) is 7.11 Å². The number of aromatic nitrogens is 1. The fourth-order valence-corrected chi connectivity index (χ4v) is 4.35. The van der Waals surface area contributed by atoms with Crippen molar-refractivity contribution in [2.24, 2.45) is 0 Å². The summed E-state index contributed by atoms with van der Waals surface area (Å²) < 4.78 is 12.5. The third-order valence-electron chi connectivity index (χ3n) is 6.23. The predicted molar refractivity (Wildman–Crippen MR) is 141 cm³/mol. The third-order valence-corrected chi connectivity index (χ3v) is 6.60. The first kappa shape index (κ1) is 27.3. The van der Waals surface area contributed by atoms with E-state index in [0.717, 1.165) is 16.5 Å². The first-order valence-electron chi connectivity index (χ1n) is 12.3. The highest BCUT2D eigenvalue weighted by molar-refractivity contribution is 6.31. The number of nitrogens with zero attached hydrogens (tertiary/aromatic N) is 2. The van der Waals surface area contributed by atoms with Gasteiger partial charge in [-0.2, -0.15) is 0 Å².